The van der Waals surface area contributed by atoms with Gasteiger partial charge in [0.2, 0.25) is 5.91 Å². The molecule has 27 heavy (non-hydrogen) atoms. The number of aryl methyl sites for hydroxylation is 2. The third-order valence-electron chi connectivity index (χ3n) is 4.48. The van der Waals surface area contributed by atoms with Gasteiger partial charge in [-0.05, 0) is 31.0 Å². The molecule has 0 spiro atoms. The van der Waals surface area contributed by atoms with Crippen LogP contribution in [0.5, 0.6) is 0 Å². The van der Waals surface area contributed by atoms with Crippen LogP contribution in [-0.2, 0) is 11.2 Å². The zero-order valence-electron chi connectivity index (χ0n) is 15.5. The SMILES string of the molecule is CCC(NC(=O)CCc1ncc(-c2ccccc2F)o1)c1ccc(C)cc1. The molecule has 0 bridgehead atoms. The Balaban J connectivity index is 1.57. The van der Waals surface area contributed by atoms with Gasteiger partial charge in [-0.15, -0.1) is 0 Å². The average Bonchev–Trinajstić information content (AvgIpc) is 3.14. The van der Waals surface area contributed by atoms with Gasteiger partial charge in [0.25, 0.3) is 0 Å². The Bertz CT molecular complexity index is 903. The molecule has 3 aromatic rings. The van der Waals surface area contributed by atoms with Crippen molar-refractivity contribution in [2.24, 2.45) is 0 Å². The first-order chi connectivity index (χ1) is 13.1. The molecule has 140 valence electrons. The van der Waals surface area contributed by atoms with E-state index in [1.807, 2.05) is 38.1 Å². The van der Waals surface area contributed by atoms with Crippen molar-refractivity contribution in [3.8, 4) is 11.3 Å². The minimum absolute atomic E-state index is 0.0170. The summed E-state index contributed by atoms with van der Waals surface area (Å²) >= 11 is 0. The number of carbonyl (C=O) groups is 1. The number of carbonyl (C=O) groups excluding carboxylic acids is 1. The minimum Gasteiger partial charge on any atom is -0.441 e. The fourth-order valence-electron chi connectivity index (χ4n) is 2.92. The lowest BCUT2D eigenvalue weighted by atomic mass is 10.0. The number of benzene rings is 2. The standard InChI is InChI=1S/C22H23FN2O2/c1-3-19(16-10-8-15(2)9-11-16)25-21(26)12-13-22-24-14-20(27-22)17-6-4-5-7-18(17)23/h4-11,14,19H,3,12-13H2,1-2H3,(H,25,26). The van der Waals surface area contributed by atoms with E-state index < -0.39 is 0 Å². The second-order valence-electron chi connectivity index (χ2n) is 6.54. The minimum atomic E-state index is -0.359. The van der Waals surface area contributed by atoms with Crippen LogP contribution in [0, 0.1) is 12.7 Å². The topological polar surface area (TPSA) is 55.1 Å². The van der Waals surface area contributed by atoms with E-state index in [0.717, 1.165) is 12.0 Å². The van der Waals surface area contributed by atoms with Crippen molar-refractivity contribution in [2.75, 3.05) is 0 Å². The zero-order chi connectivity index (χ0) is 19.2. The van der Waals surface area contributed by atoms with E-state index in [1.165, 1.54) is 17.8 Å². The molecule has 4 nitrogen and oxygen atoms in total. The Morgan fingerprint density at radius 3 is 2.63 bits per heavy atom. The van der Waals surface area contributed by atoms with Crippen molar-refractivity contribution < 1.29 is 13.6 Å². The summed E-state index contributed by atoms with van der Waals surface area (Å²) in [5, 5.41) is 3.05. The Morgan fingerprint density at radius 2 is 1.93 bits per heavy atom. The lowest BCUT2D eigenvalue weighted by Crippen LogP contribution is -2.28. The van der Waals surface area contributed by atoms with Gasteiger partial charge in [0.1, 0.15) is 5.82 Å². The molecule has 1 aromatic heterocycles. The second-order valence-corrected chi connectivity index (χ2v) is 6.54. The van der Waals surface area contributed by atoms with Crippen molar-refractivity contribution in [2.45, 2.75) is 39.2 Å². The molecule has 1 N–H and O–H groups in total. The van der Waals surface area contributed by atoms with Crippen LogP contribution in [0.2, 0.25) is 0 Å². The van der Waals surface area contributed by atoms with Gasteiger partial charge in [-0.2, -0.15) is 0 Å². The van der Waals surface area contributed by atoms with E-state index in [4.69, 9.17) is 4.42 Å². The van der Waals surface area contributed by atoms with Crippen molar-refractivity contribution in [3.63, 3.8) is 0 Å². The van der Waals surface area contributed by atoms with Gasteiger partial charge in [0, 0.05) is 12.8 Å². The van der Waals surface area contributed by atoms with E-state index in [9.17, 15) is 9.18 Å². The number of nitrogens with one attached hydrogen (secondary N) is 1. The monoisotopic (exact) mass is 366 g/mol. The van der Waals surface area contributed by atoms with E-state index in [-0.39, 0.29) is 24.2 Å². The molecule has 0 aliphatic rings. The molecular formula is C22H23FN2O2. The third-order valence-corrected chi connectivity index (χ3v) is 4.48. The lowest BCUT2D eigenvalue weighted by molar-refractivity contribution is -0.121. The number of hydrogen-bond acceptors (Lipinski definition) is 3. The highest BCUT2D eigenvalue weighted by Gasteiger charge is 2.15. The van der Waals surface area contributed by atoms with Gasteiger partial charge in [-0.25, -0.2) is 9.37 Å². The van der Waals surface area contributed by atoms with E-state index in [1.54, 1.807) is 18.2 Å². The predicted molar refractivity (Wildman–Crippen MR) is 103 cm³/mol. The van der Waals surface area contributed by atoms with Crippen LogP contribution >= 0.6 is 0 Å². The lowest BCUT2D eigenvalue weighted by Gasteiger charge is -2.17. The van der Waals surface area contributed by atoms with Crippen molar-refractivity contribution in [1.82, 2.24) is 10.3 Å². The number of rotatable bonds is 7. The van der Waals surface area contributed by atoms with Crippen molar-refractivity contribution >= 4 is 5.91 Å². The Hall–Kier alpha value is -2.95. The van der Waals surface area contributed by atoms with Crippen molar-refractivity contribution in [1.29, 1.82) is 0 Å². The number of aromatic nitrogens is 1. The van der Waals surface area contributed by atoms with Crippen LogP contribution in [0.1, 0.15) is 42.8 Å². The molecule has 0 radical (unpaired) electrons. The average molecular weight is 366 g/mol. The Morgan fingerprint density at radius 1 is 1.19 bits per heavy atom. The van der Waals surface area contributed by atoms with Gasteiger partial charge in [-0.1, -0.05) is 48.9 Å². The fourth-order valence-corrected chi connectivity index (χ4v) is 2.92. The largest absolute Gasteiger partial charge is 0.441 e. The number of oxazole rings is 1. The number of halogens is 1. The van der Waals surface area contributed by atoms with Crippen LogP contribution in [0.15, 0.2) is 59.1 Å². The van der Waals surface area contributed by atoms with E-state index in [0.29, 0.717) is 23.6 Å². The molecule has 0 fully saturated rings. The summed E-state index contributed by atoms with van der Waals surface area (Å²) in [6, 6.07) is 14.5. The molecule has 1 unspecified atom stereocenters. The first kappa shape index (κ1) is 18.8. The summed E-state index contributed by atoms with van der Waals surface area (Å²) in [4.78, 5) is 16.5. The van der Waals surface area contributed by atoms with Gasteiger partial charge in [0.05, 0.1) is 17.8 Å². The Labute approximate surface area is 158 Å². The molecule has 2 aromatic carbocycles. The number of hydrogen-bond donors (Lipinski definition) is 1. The Kier molecular flexibility index (Phi) is 6.01. The predicted octanol–water partition coefficient (Wildman–Crippen LogP) is 4.99. The summed E-state index contributed by atoms with van der Waals surface area (Å²) in [5.41, 5.74) is 2.65. The highest BCUT2D eigenvalue weighted by molar-refractivity contribution is 5.76. The quantitative estimate of drug-likeness (QED) is 0.641. The summed E-state index contributed by atoms with van der Waals surface area (Å²) in [5.74, 6) is 0.372. The molecule has 1 heterocycles. The van der Waals surface area contributed by atoms with Crippen LogP contribution in [0.3, 0.4) is 0 Å². The maximum absolute atomic E-state index is 13.8. The molecule has 0 aliphatic heterocycles. The summed E-state index contributed by atoms with van der Waals surface area (Å²) < 4.78 is 19.4. The summed E-state index contributed by atoms with van der Waals surface area (Å²) in [6.07, 6.45) is 2.93. The molecule has 1 atom stereocenters. The fraction of sp³-hybridized carbons (Fsp3) is 0.273. The van der Waals surface area contributed by atoms with Crippen LogP contribution in [-0.4, -0.2) is 10.9 Å². The zero-order valence-corrected chi connectivity index (χ0v) is 15.5. The number of nitrogens with zero attached hydrogens (tertiary/aromatic N) is 1. The van der Waals surface area contributed by atoms with Crippen LogP contribution in [0.25, 0.3) is 11.3 Å². The van der Waals surface area contributed by atoms with E-state index >= 15 is 0 Å². The molecule has 3 rings (SSSR count). The molecule has 0 saturated heterocycles. The third kappa shape index (κ3) is 4.82. The smallest absolute Gasteiger partial charge is 0.220 e. The van der Waals surface area contributed by atoms with Crippen LogP contribution in [0.4, 0.5) is 4.39 Å². The summed E-state index contributed by atoms with van der Waals surface area (Å²) in [7, 11) is 0. The highest BCUT2D eigenvalue weighted by atomic mass is 19.1. The summed E-state index contributed by atoms with van der Waals surface area (Å²) in [6.45, 7) is 4.08. The first-order valence-corrected chi connectivity index (χ1v) is 9.12. The molecule has 5 heteroatoms. The maximum Gasteiger partial charge on any atom is 0.220 e. The van der Waals surface area contributed by atoms with E-state index in [2.05, 4.69) is 10.3 Å². The van der Waals surface area contributed by atoms with Gasteiger partial charge >= 0.3 is 0 Å². The van der Waals surface area contributed by atoms with Gasteiger partial charge < -0.3 is 9.73 Å². The molecule has 0 aliphatic carbocycles. The van der Waals surface area contributed by atoms with Gasteiger partial charge in [0.15, 0.2) is 11.7 Å². The second kappa shape index (κ2) is 8.62. The van der Waals surface area contributed by atoms with Crippen molar-refractivity contribution in [3.05, 3.63) is 77.6 Å². The van der Waals surface area contributed by atoms with Gasteiger partial charge in [-0.3, -0.25) is 4.79 Å². The van der Waals surface area contributed by atoms with Crippen LogP contribution < -0.4 is 5.32 Å². The molecule has 0 saturated carbocycles. The maximum atomic E-state index is 13.8. The molecule has 1 amide bonds. The number of amides is 1. The first-order valence-electron chi connectivity index (χ1n) is 9.12. The normalized spacial score (nSPS) is 12.0. The highest BCUT2D eigenvalue weighted by Crippen LogP contribution is 2.23. The molecular weight excluding hydrogens is 343 g/mol.